The number of carbonyl (C=O) groups is 1. The smallest absolute Gasteiger partial charge is 0.338 e. The minimum atomic E-state index is -3.91. The van der Waals surface area contributed by atoms with Crippen molar-refractivity contribution in [1.29, 1.82) is 0 Å². The highest BCUT2D eigenvalue weighted by atomic mass is 32.2. The van der Waals surface area contributed by atoms with E-state index in [4.69, 9.17) is 9.88 Å². The fourth-order valence-corrected chi connectivity index (χ4v) is 2.39. The van der Waals surface area contributed by atoms with Gasteiger partial charge in [0.25, 0.3) is 0 Å². The van der Waals surface area contributed by atoms with E-state index >= 15 is 0 Å². The Morgan fingerprint density at radius 3 is 2.59 bits per heavy atom. The maximum atomic E-state index is 13.0. The number of benzene rings is 2. The number of hydrogen-bond acceptors (Lipinski definition) is 4. The summed E-state index contributed by atoms with van der Waals surface area (Å²) < 4.78 is 40.8. The van der Waals surface area contributed by atoms with E-state index in [1.165, 1.54) is 36.4 Å². The average molecular weight is 323 g/mol. The van der Waals surface area contributed by atoms with Crippen molar-refractivity contribution in [2.45, 2.75) is 18.4 Å². The molecule has 0 aliphatic carbocycles. The van der Waals surface area contributed by atoms with E-state index < -0.39 is 21.8 Å². The predicted molar refractivity (Wildman–Crippen MR) is 78.1 cm³/mol. The first kappa shape index (κ1) is 16.1. The van der Waals surface area contributed by atoms with Gasteiger partial charge in [-0.05, 0) is 42.3 Å². The minimum absolute atomic E-state index is 0.0999. The molecule has 0 bridgehead atoms. The van der Waals surface area contributed by atoms with Crippen LogP contribution in [0, 0.1) is 12.7 Å². The summed E-state index contributed by atoms with van der Waals surface area (Å²) in [6.45, 7) is 1.53. The highest BCUT2D eigenvalue weighted by Crippen LogP contribution is 2.16. The number of aryl methyl sites for hydroxylation is 1. The molecule has 2 N–H and O–H groups in total. The van der Waals surface area contributed by atoms with Crippen LogP contribution in [-0.4, -0.2) is 14.4 Å². The quantitative estimate of drug-likeness (QED) is 0.873. The van der Waals surface area contributed by atoms with Crippen molar-refractivity contribution in [3.63, 3.8) is 0 Å². The highest BCUT2D eigenvalue weighted by molar-refractivity contribution is 7.89. The average Bonchev–Trinajstić information content (AvgIpc) is 2.44. The van der Waals surface area contributed by atoms with Crippen LogP contribution in [0.5, 0.6) is 0 Å². The molecule has 0 aliphatic heterocycles. The molecule has 0 heterocycles. The number of esters is 1. The van der Waals surface area contributed by atoms with Gasteiger partial charge in [-0.1, -0.05) is 18.2 Å². The van der Waals surface area contributed by atoms with Gasteiger partial charge < -0.3 is 4.74 Å². The monoisotopic (exact) mass is 323 g/mol. The van der Waals surface area contributed by atoms with Crippen LogP contribution >= 0.6 is 0 Å². The van der Waals surface area contributed by atoms with E-state index in [-0.39, 0.29) is 17.1 Å². The number of halogens is 1. The number of primary sulfonamides is 1. The molecule has 0 spiro atoms. The molecule has 2 aromatic rings. The SMILES string of the molecule is Cc1ccc(S(N)(=O)=O)cc1C(=O)OCc1cccc(F)c1. The predicted octanol–water partition coefficient (Wildman–Crippen LogP) is 2.14. The number of carbonyl (C=O) groups excluding carboxylic acids is 1. The lowest BCUT2D eigenvalue weighted by Gasteiger charge is -2.09. The van der Waals surface area contributed by atoms with Crippen LogP contribution in [0.1, 0.15) is 21.5 Å². The molecule has 0 saturated carbocycles. The standard InChI is InChI=1S/C15H14FNO4S/c1-10-5-6-13(22(17,19)20)8-14(10)15(18)21-9-11-3-2-4-12(16)7-11/h2-8H,9H2,1H3,(H2,17,19,20). The largest absolute Gasteiger partial charge is 0.457 e. The summed E-state index contributed by atoms with van der Waals surface area (Å²) in [7, 11) is -3.91. The van der Waals surface area contributed by atoms with E-state index in [1.54, 1.807) is 13.0 Å². The molecule has 22 heavy (non-hydrogen) atoms. The zero-order valence-corrected chi connectivity index (χ0v) is 12.6. The van der Waals surface area contributed by atoms with Crippen LogP contribution in [0.4, 0.5) is 4.39 Å². The van der Waals surface area contributed by atoms with Gasteiger partial charge in [0.2, 0.25) is 10.0 Å². The maximum Gasteiger partial charge on any atom is 0.338 e. The summed E-state index contributed by atoms with van der Waals surface area (Å²) in [5, 5.41) is 5.04. The van der Waals surface area contributed by atoms with Gasteiger partial charge in [-0.15, -0.1) is 0 Å². The Bertz CT molecular complexity index is 818. The Morgan fingerprint density at radius 1 is 1.23 bits per heavy atom. The van der Waals surface area contributed by atoms with E-state index in [0.29, 0.717) is 11.1 Å². The first-order chi connectivity index (χ1) is 10.3. The lowest BCUT2D eigenvalue weighted by Crippen LogP contribution is -2.14. The van der Waals surface area contributed by atoms with Gasteiger partial charge >= 0.3 is 5.97 Å². The molecule has 0 amide bonds. The van der Waals surface area contributed by atoms with E-state index in [1.807, 2.05) is 0 Å². The van der Waals surface area contributed by atoms with Gasteiger partial charge in [-0.25, -0.2) is 22.7 Å². The topological polar surface area (TPSA) is 86.5 Å². The Morgan fingerprint density at radius 2 is 1.95 bits per heavy atom. The van der Waals surface area contributed by atoms with Crippen LogP contribution in [-0.2, 0) is 21.4 Å². The van der Waals surface area contributed by atoms with Crippen LogP contribution in [0.25, 0.3) is 0 Å². The van der Waals surface area contributed by atoms with Gasteiger partial charge in [-0.3, -0.25) is 0 Å². The Hall–Kier alpha value is -2.25. The Labute approximate surface area is 127 Å². The van der Waals surface area contributed by atoms with Crippen molar-refractivity contribution < 1.29 is 22.3 Å². The number of sulfonamides is 1. The van der Waals surface area contributed by atoms with Crippen molar-refractivity contribution in [1.82, 2.24) is 0 Å². The van der Waals surface area contributed by atoms with E-state index in [2.05, 4.69) is 0 Å². The second-order valence-electron chi connectivity index (χ2n) is 4.73. The fourth-order valence-electron chi connectivity index (χ4n) is 1.85. The van der Waals surface area contributed by atoms with Gasteiger partial charge in [0, 0.05) is 0 Å². The van der Waals surface area contributed by atoms with Gasteiger partial charge in [0.15, 0.2) is 0 Å². The Kier molecular flexibility index (Phi) is 4.58. The van der Waals surface area contributed by atoms with Gasteiger partial charge in [0.1, 0.15) is 12.4 Å². The third-order valence-electron chi connectivity index (χ3n) is 3.02. The van der Waals surface area contributed by atoms with Crippen molar-refractivity contribution in [3.05, 3.63) is 65.0 Å². The molecular formula is C15H14FNO4S. The molecule has 116 valence electrons. The molecule has 7 heteroatoms. The molecule has 2 aromatic carbocycles. The van der Waals surface area contributed by atoms with Crippen LogP contribution in [0.3, 0.4) is 0 Å². The van der Waals surface area contributed by atoms with Crippen molar-refractivity contribution >= 4 is 16.0 Å². The van der Waals surface area contributed by atoms with Crippen LogP contribution in [0.2, 0.25) is 0 Å². The summed E-state index contributed by atoms with van der Waals surface area (Å²) in [5.41, 5.74) is 1.15. The maximum absolute atomic E-state index is 13.0. The molecule has 0 aromatic heterocycles. The number of hydrogen-bond donors (Lipinski definition) is 1. The second kappa shape index (κ2) is 6.25. The lowest BCUT2D eigenvalue weighted by molar-refractivity contribution is 0.0471. The summed E-state index contributed by atoms with van der Waals surface area (Å²) in [5.74, 6) is -1.13. The lowest BCUT2D eigenvalue weighted by atomic mass is 10.1. The summed E-state index contributed by atoms with van der Waals surface area (Å²) in [4.78, 5) is 11.9. The number of ether oxygens (including phenoxy) is 1. The van der Waals surface area contributed by atoms with Crippen molar-refractivity contribution in [2.75, 3.05) is 0 Å². The molecule has 0 radical (unpaired) electrons. The van der Waals surface area contributed by atoms with Crippen molar-refractivity contribution in [2.24, 2.45) is 5.14 Å². The van der Waals surface area contributed by atoms with Gasteiger partial charge in [-0.2, -0.15) is 0 Å². The fraction of sp³-hybridized carbons (Fsp3) is 0.133. The molecule has 0 saturated heterocycles. The number of rotatable bonds is 4. The van der Waals surface area contributed by atoms with Gasteiger partial charge in [0.05, 0.1) is 10.5 Å². The summed E-state index contributed by atoms with van der Waals surface area (Å²) >= 11 is 0. The minimum Gasteiger partial charge on any atom is -0.457 e. The first-order valence-electron chi connectivity index (χ1n) is 6.32. The third-order valence-corrected chi connectivity index (χ3v) is 3.93. The van der Waals surface area contributed by atoms with Crippen LogP contribution < -0.4 is 5.14 Å². The zero-order valence-electron chi connectivity index (χ0n) is 11.7. The third kappa shape index (κ3) is 3.90. The molecule has 5 nitrogen and oxygen atoms in total. The second-order valence-corrected chi connectivity index (χ2v) is 6.29. The summed E-state index contributed by atoms with van der Waals surface area (Å²) in [6.07, 6.45) is 0. The normalized spacial score (nSPS) is 11.2. The molecule has 0 fully saturated rings. The highest BCUT2D eigenvalue weighted by Gasteiger charge is 2.16. The van der Waals surface area contributed by atoms with E-state index in [9.17, 15) is 17.6 Å². The molecular weight excluding hydrogens is 309 g/mol. The molecule has 0 atom stereocenters. The van der Waals surface area contributed by atoms with E-state index in [0.717, 1.165) is 0 Å². The molecule has 0 aliphatic rings. The summed E-state index contributed by atoms with van der Waals surface area (Å²) in [6, 6.07) is 9.60. The first-order valence-corrected chi connectivity index (χ1v) is 7.87. The number of nitrogens with two attached hydrogens (primary N) is 1. The van der Waals surface area contributed by atoms with Crippen molar-refractivity contribution in [3.8, 4) is 0 Å². The molecule has 0 unspecified atom stereocenters. The zero-order chi connectivity index (χ0) is 16.3. The Balaban J connectivity index is 2.19. The van der Waals surface area contributed by atoms with Crippen LogP contribution in [0.15, 0.2) is 47.4 Å². The molecule has 2 rings (SSSR count).